The summed E-state index contributed by atoms with van der Waals surface area (Å²) in [6.07, 6.45) is 2.56. The van der Waals surface area contributed by atoms with Crippen molar-refractivity contribution >= 4 is 24.7 Å². The minimum Gasteiger partial charge on any atom is -0.512 e. The number of ether oxygens (including phenoxy) is 1. The Morgan fingerprint density at radius 2 is 1.12 bits per heavy atom. The normalized spacial score (nSPS) is 14.3. The first-order valence-electron chi connectivity index (χ1n) is 7.78. The molecule has 4 nitrogen and oxygen atoms in total. The summed E-state index contributed by atoms with van der Waals surface area (Å²) in [5.41, 5.74) is 0. The van der Waals surface area contributed by atoms with Crippen molar-refractivity contribution in [1.29, 1.82) is 5.26 Å². The zero-order chi connectivity index (χ0) is 18.0. The zero-order valence-electron chi connectivity index (χ0n) is 17.3. The quantitative estimate of drug-likeness (QED) is 0.483. The molecule has 0 atom stereocenters. The number of rotatable bonds is 5. The average molecular weight is 432 g/mol. The molecule has 0 aliphatic carbocycles. The molecule has 0 N–H and O–H groups in total. The topological polar surface area (TPSA) is 51.5 Å². The van der Waals surface area contributed by atoms with Crippen LogP contribution in [-0.4, -0.2) is 52.1 Å². The van der Waals surface area contributed by atoms with Crippen LogP contribution in [0.15, 0.2) is 0 Å². The molecule has 1 rings (SSSR count). The summed E-state index contributed by atoms with van der Waals surface area (Å²) < 4.78 is 16.6. The molecule has 0 spiro atoms. The van der Waals surface area contributed by atoms with E-state index in [4.69, 9.17) is 25.4 Å². The monoisotopic (exact) mass is 431 g/mol. The largest absolute Gasteiger partial charge is 1.00 e. The van der Waals surface area contributed by atoms with E-state index in [9.17, 15) is 0 Å². The zero-order valence-corrected chi connectivity index (χ0v) is 21.2. The first-order chi connectivity index (χ1) is 9.99. The molecule has 1 fully saturated rings. The second kappa shape index (κ2) is 15.2. The maximum Gasteiger partial charge on any atom is 1.00 e. The van der Waals surface area contributed by atoms with Crippen LogP contribution in [0.1, 0.15) is 12.8 Å². The molecule has 1 saturated heterocycles. The molecule has 0 saturated carbocycles. The molecule has 1 aliphatic rings. The van der Waals surface area contributed by atoms with Gasteiger partial charge in [-0.1, -0.05) is 53.9 Å². The van der Waals surface area contributed by atoms with Gasteiger partial charge in [-0.3, -0.25) is 4.79 Å². The minimum absolute atomic E-state index is 0. The molecule has 0 radical (unpaired) electrons. The van der Waals surface area contributed by atoms with Crippen molar-refractivity contribution in [3.8, 4) is 0 Å². The molecule has 0 amide bonds. The molecule has 0 aromatic rings. The summed E-state index contributed by atoms with van der Waals surface area (Å²) in [6, 6.07) is 0. The van der Waals surface area contributed by atoms with Crippen molar-refractivity contribution in [3.63, 3.8) is 0 Å². The third-order valence-corrected chi connectivity index (χ3v) is 21.5. The van der Waals surface area contributed by atoms with E-state index in [0.29, 0.717) is 0 Å². The fourth-order valence-electron chi connectivity index (χ4n) is 3.25. The Kier molecular flexibility index (Phi) is 20.8. The third-order valence-electron chi connectivity index (χ3n) is 3.80. The van der Waals surface area contributed by atoms with Gasteiger partial charge in [0, 0.05) is 44.1 Å². The molecule has 142 valence electrons. The molecular formula is C15H35CuLiNO3Si3. The smallest absolute Gasteiger partial charge is 0.512 e. The molecule has 0 unspecified atom stereocenters. The van der Waals surface area contributed by atoms with Crippen LogP contribution in [0.5, 0.6) is 0 Å². The first-order valence-corrected chi connectivity index (χ1v) is 17.1. The Labute approximate surface area is 176 Å². The van der Waals surface area contributed by atoms with Crippen LogP contribution in [0, 0.1) is 16.6 Å². The maximum atomic E-state index is 6.25. The van der Waals surface area contributed by atoms with E-state index in [1.165, 1.54) is 12.8 Å². The molecule has 0 aromatic heterocycles. The van der Waals surface area contributed by atoms with E-state index < -0.39 is 24.7 Å². The first kappa shape index (κ1) is 32.8. The van der Waals surface area contributed by atoms with Gasteiger partial charge in [0.15, 0.2) is 0 Å². The molecule has 0 bridgehead atoms. The van der Waals surface area contributed by atoms with Gasteiger partial charge in [-0.15, -0.1) is 0 Å². The van der Waals surface area contributed by atoms with Gasteiger partial charge in [-0.25, -0.2) is 0 Å². The van der Waals surface area contributed by atoms with Gasteiger partial charge in [0.25, 0.3) is 0 Å². The summed E-state index contributed by atoms with van der Waals surface area (Å²) in [4.78, 5) is 1.69. The predicted octanol–water partition coefficient (Wildman–Crippen LogP) is 1.11. The molecular weight excluding hydrogens is 397 g/mol. The van der Waals surface area contributed by atoms with Crippen molar-refractivity contribution in [2.45, 2.75) is 58.7 Å². The Morgan fingerprint density at radius 1 is 0.833 bits per heavy atom. The van der Waals surface area contributed by atoms with Gasteiger partial charge in [-0.2, -0.15) is 0 Å². The molecule has 1 aliphatic heterocycles. The molecule has 9 heteroatoms. The van der Waals surface area contributed by atoms with Crippen LogP contribution >= 0.6 is 0 Å². The van der Waals surface area contributed by atoms with Gasteiger partial charge < -0.3 is 25.4 Å². The maximum absolute atomic E-state index is 6.25. The Morgan fingerprint density at radius 3 is 1.25 bits per heavy atom. The minimum atomic E-state index is -1.68. The summed E-state index contributed by atoms with van der Waals surface area (Å²) in [6.45, 7) is 23.2. The summed E-state index contributed by atoms with van der Waals surface area (Å²) in [7, 11) is -0.969. The van der Waals surface area contributed by atoms with Crippen molar-refractivity contribution in [3.05, 3.63) is 11.4 Å². The van der Waals surface area contributed by atoms with E-state index >= 15 is 0 Å². The van der Waals surface area contributed by atoms with Crippen LogP contribution in [0.25, 0.3) is 0 Å². The van der Waals surface area contributed by atoms with Gasteiger partial charge in [0.1, 0.15) is 0 Å². The average Bonchev–Trinajstić information content (AvgIpc) is 2.98. The number of hydrogen-bond donors (Lipinski definition) is 0. The number of nitrogens with zero attached hydrogens (tertiary/aromatic N) is 1. The Balaban J connectivity index is -0.000000186. The predicted molar refractivity (Wildman–Crippen MR) is 101 cm³/mol. The van der Waals surface area contributed by atoms with Crippen molar-refractivity contribution in [1.82, 2.24) is 0 Å². The van der Waals surface area contributed by atoms with Gasteiger partial charge in [0.2, 0.25) is 0 Å². The standard InChI is InChI=1S/C10H27O2Si3.C4H8O.CN.Cu.Li/c1-11-14(6,7)10(13(3,4)5)15(8,9)12-2;1-2-4-5-3-1;1-2;;/h1-9H3;1-4H2;;;/q-1;;-1;2*+1. The second-order valence-corrected chi connectivity index (χ2v) is 21.7. The molecule has 24 heavy (non-hydrogen) atoms. The fourth-order valence-corrected chi connectivity index (χ4v) is 25.1. The van der Waals surface area contributed by atoms with E-state index in [-0.39, 0.29) is 35.9 Å². The van der Waals surface area contributed by atoms with Crippen LogP contribution in [-0.2, 0) is 30.7 Å². The van der Waals surface area contributed by atoms with Gasteiger partial charge >= 0.3 is 35.9 Å². The Hall–Kier alpha value is 1.14. The summed E-state index contributed by atoms with van der Waals surface area (Å²) in [5, 5.41) is 6.25. The van der Waals surface area contributed by atoms with Crippen LogP contribution < -0.4 is 18.9 Å². The third kappa shape index (κ3) is 12.5. The second-order valence-electron chi connectivity index (χ2n) is 7.37. The van der Waals surface area contributed by atoms with E-state index in [1.54, 1.807) is 4.79 Å². The van der Waals surface area contributed by atoms with Gasteiger partial charge in [-0.05, 0) is 12.8 Å². The van der Waals surface area contributed by atoms with Crippen molar-refractivity contribution in [2.24, 2.45) is 0 Å². The van der Waals surface area contributed by atoms with Crippen molar-refractivity contribution in [2.75, 3.05) is 27.4 Å². The van der Waals surface area contributed by atoms with Crippen LogP contribution in [0.2, 0.25) is 45.8 Å². The van der Waals surface area contributed by atoms with Crippen LogP contribution in [0.3, 0.4) is 0 Å². The van der Waals surface area contributed by atoms with Crippen molar-refractivity contribution < 1.29 is 49.5 Å². The molecule has 0 aromatic carbocycles. The van der Waals surface area contributed by atoms with Crippen LogP contribution in [0.4, 0.5) is 0 Å². The summed E-state index contributed by atoms with van der Waals surface area (Å²) >= 11 is 0. The summed E-state index contributed by atoms with van der Waals surface area (Å²) in [5.74, 6) is 0. The van der Waals surface area contributed by atoms with E-state index in [2.05, 4.69) is 45.8 Å². The molecule has 1 heterocycles. The van der Waals surface area contributed by atoms with E-state index in [1.807, 2.05) is 14.2 Å². The number of hydrogen-bond acceptors (Lipinski definition) is 4. The van der Waals surface area contributed by atoms with Gasteiger partial charge in [0.05, 0.1) is 0 Å². The SMILES string of the molecule is C1CCOC1.CO[Si](C)(C)[C-]([Si](C)(C)C)[Si](C)(C)OC.[C-]#N.[Cu+].[Li+]. The van der Waals surface area contributed by atoms with E-state index in [0.717, 1.165) is 13.2 Å². The fraction of sp³-hybridized carbons (Fsp3) is 0.867. The Bertz CT molecular complexity index is 299.